The number of nitrogens with one attached hydrogen (secondary N) is 1. The van der Waals surface area contributed by atoms with E-state index in [9.17, 15) is 0 Å². The molecule has 1 aromatic rings. The molecule has 1 unspecified atom stereocenters. The highest BCUT2D eigenvalue weighted by molar-refractivity contribution is 7.99. The molecule has 0 amide bonds. The zero-order chi connectivity index (χ0) is 13.8. The standard InChI is InChI=1S/C17H26N2S/c1-19(17-9-11-20-13-17)12-15-4-2-14(3-5-15)8-10-18-16-6-7-16/h2-5,16-18H,6-13H2,1H3. The second-order valence-electron chi connectivity index (χ2n) is 6.23. The molecule has 1 aliphatic carbocycles. The zero-order valence-corrected chi connectivity index (χ0v) is 13.3. The SMILES string of the molecule is CN(Cc1ccc(CCNC2CC2)cc1)C1CCSC1. The number of hydrogen-bond acceptors (Lipinski definition) is 3. The smallest absolute Gasteiger partial charge is 0.0233 e. The fourth-order valence-electron chi connectivity index (χ4n) is 2.81. The third-order valence-corrected chi connectivity index (χ3v) is 5.55. The van der Waals surface area contributed by atoms with E-state index in [0.717, 1.165) is 31.6 Å². The van der Waals surface area contributed by atoms with Crippen molar-refractivity contribution in [2.45, 2.75) is 44.3 Å². The van der Waals surface area contributed by atoms with Crippen LogP contribution in [0.3, 0.4) is 0 Å². The van der Waals surface area contributed by atoms with Gasteiger partial charge in [0.25, 0.3) is 0 Å². The van der Waals surface area contributed by atoms with E-state index in [4.69, 9.17) is 0 Å². The number of nitrogens with zero attached hydrogens (tertiary/aromatic N) is 1. The van der Waals surface area contributed by atoms with Gasteiger partial charge < -0.3 is 5.32 Å². The van der Waals surface area contributed by atoms with Crippen molar-refractivity contribution >= 4 is 11.8 Å². The Kier molecular flexibility index (Phi) is 5.03. The van der Waals surface area contributed by atoms with Crippen LogP contribution in [0.25, 0.3) is 0 Å². The monoisotopic (exact) mass is 290 g/mol. The Hall–Kier alpha value is -0.510. The van der Waals surface area contributed by atoms with Gasteiger partial charge in [-0.2, -0.15) is 11.8 Å². The molecule has 1 saturated heterocycles. The van der Waals surface area contributed by atoms with Gasteiger partial charge in [-0.25, -0.2) is 0 Å². The van der Waals surface area contributed by atoms with Gasteiger partial charge >= 0.3 is 0 Å². The van der Waals surface area contributed by atoms with Crippen molar-refractivity contribution < 1.29 is 0 Å². The third kappa shape index (κ3) is 4.24. The molecule has 1 aliphatic heterocycles. The van der Waals surface area contributed by atoms with Crippen LogP contribution in [0.4, 0.5) is 0 Å². The van der Waals surface area contributed by atoms with E-state index in [0.29, 0.717) is 0 Å². The summed E-state index contributed by atoms with van der Waals surface area (Å²) in [6, 6.07) is 10.8. The van der Waals surface area contributed by atoms with Crippen molar-refractivity contribution in [2.24, 2.45) is 0 Å². The van der Waals surface area contributed by atoms with Crippen molar-refractivity contribution in [3.05, 3.63) is 35.4 Å². The molecule has 0 bridgehead atoms. The summed E-state index contributed by atoms with van der Waals surface area (Å²) in [4.78, 5) is 2.52. The first-order chi connectivity index (χ1) is 9.81. The number of thioether (sulfide) groups is 1. The molecule has 110 valence electrons. The lowest BCUT2D eigenvalue weighted by molar-refractivity contribution is 0.254. The molecule has 1 N–H and O–H groups in total. The van der Waals surface area contributed by atoms with Gasteiger partial charge in [-0.15, -0.1) is 0 Å². The molecule has 1 heterocycles. The van der Waals surface area contributed by atoms with E-state index in [1.807, 2.05) is 0 Å². The van der Waals surface area contributed by atoms with Gasteiger partial charge in [0, 0.05) is 24.4 Å². The van der Waals surface area contributed by atoms with E-state index >= 15 is 0 Å². The number of benzene rings is 1. The second kappa shape index (κ2) is 6.97. The Bertz CT molecular complexity index is 408. The van der Waals surface area contributed by atoms with Gasteiger partial charge in [0.1, 0.15) is 0 Å². The van der Waals surface area contributed by atoms with Crippen molar-refractivity contribution in [1.82, 2.24) is 10.2 Å². The number of rotatable bonds is 7. The minimum atomic E-state index is 0.780. The maximum Gasteiger partial charge on any atom is 0.0233 e. The van der Waals surface area contributed by atoms with E-state index in [2.05, 4.69) is 53.3 Å². The van der Waals surface area contributed by atoms with E-state index in [-0.39, 0.29) is 0 Å². The zero-order valence-electron chi connectivity index (χ0n) is 12.5. The van der Waals surface area contributed by atoms with Crippen LogP contribution < -0.4 is 5.32 Å². The van der Waals surface area contributed by atoms with Crippen LogP contribution in [0.15, 0.2) is 24.3 Å². The highest BCUT2D eigenvalue weighted by Crippen LogP contribution is 2.22. The lowest BCUT2D eigenvalue weighted by Crippen LogP contribution is -2.30. The van der Waals surface area contributed by atoms with E-state index in [1.165, 1.54) is 41.9 Å². The van der Waals surface area contributed by atoms with Crippen LogP contribution in [0.2, 0.25) is 0 Å². The molecule has 3 heteroatoms. The Morgan fingerprint density at radius 2 is 1.90 bits per heavy atom. The largest absolute Gasteiger partial charge is 0.314 e. The van der Waals surface area contributed by atoms with Crippen LogP contribution in [-0.4, -0.2) is 42.1 Å². The number of hydrogen-bond donors (Lipinski definition) is 1. The first-order valence-corrected chi connectivity index (χ1v) is 9.06. The average Bonchev–Trinajstić information content (AvgIpc) is 3.11. The van der Waals surface area contributed by atoms with Gasteiger partial charge in [0.05, 0.1) is 0 Å². The van der Waals surface area contributed by atoms with Crippen LogP contribution in [0.5, 0.6) is 0 Å². The molecule has 0 radical (unpaired) electrons. The van der Waals surface area contributed by atoms with Gasteiger partial charge in [-0.3, -0.25) is 4.90 Å². The van der Waals surface area contributed by atoms with Crippen LogP contribution in [0.1, 0.15) is 30.4 Å². The Labute approximate surface area is 127 Å². The first kappa shape index (κ1) is 14.4. The summed E-state index contributed by atoms with van der Waals surface area (Å²) in [5.74, 6) is 2.64. The van der Waals surface area contributed by atoms with Gasteiger partial charge in [-0.05, 0) is 56.2 Å². The van der Waals surface area contributed by atoms with Crippen LogP contribution in [0, 0.1) is 0 Å². The summed E-state index contributed by atoms with van der Waals surface area (Å²) < 4.78 is 0. The Morgan fingerprint density at radius 3 is 2.55 bits per heavy atom. The second-order valence-corrected chi connectivity index (χ2v) is 7.38. The topological polar surface area (TPSA) is 15.3 Å². The molecule has 2 nitrogen and oxygen atoms in total. The average molecular weight is 290 g/mol. The van der Waals surface area contributed by atoms with Crippen molar-refractivity contribution in [3.8, 4) is 0 Å². The predicted molar refractivity (Wildman–Crippen MR) is 88.4 cm³/mol. The molecule has 2 aliphatic rings. The fourth-order valence-corrected chi connectivity index (χ4v) is 4.10. The van der Waals surface area contributed by atoms with Crippen molar-refractivity contribution in [3.63, 3.8) is 0 Å². The minimum absolute atomic E-state index is 0.780. The molecule has 1 saturated carbocycles. The highest BCUT2D eigenvalue weighted by atomic mass is 32.2. The molecule has 2 fully saturated rings. The van der Waals surface area contributed by atoms with Gasteiger partial charge in [0.2, 0.25) is 0 Å². The molecular formula is C17H26N2S. The molecule has 20 heavy (non-hydrogen) atoms. The summed E-state index contributed by atoms with van der Waals surface area (Å²) >= 11 is 2.09. The maximum atomic E-state index is 3.58. The lowest BCUT2D eigenvalue weighted by Gasteiger charge is -2.23. The third-order valence-electron chi connectivity index (χ3n) is 4.41. The minimum Gasteiger partial charge on any atom is -0.314 e. The molecular weight excluding hydrogens is 264 g/mol. The molecule has 1 atom stereocenters. The quantitative estimate of drug-likeness (QED) is 0.831. The molecule has 3 rings (SSSR count). The van der Waals surface area contributed by atoms with Crippen LogP contribution >= 0.6 is 11.8 Å². The maximum absolute atomic E-state index is 3.58. The first-order valence-electron chi connectivity index (χ1n) is 7.90. The summed E-state index contributed by atoms with van der Waals surface area (Å²) in [5, 5.41) is 3.58. The summed E-state index contributed by atoms with van der Waals surface area (Å²) in [6.07, 6.45) is 5.27. The Balaban J connectivity index is 1.44. The van der Waals surface area contributed by atoms with Crippen molar-refractivity contribution in [2.75, 3.05) is 25.1 Å². The van der Waals surface area contributed by atoms with Crippen LogP contribution in [-0.2, 0) is 13.0 Å². The molecule has 0 aromatic heterocycles. The van der Waals surface area contributed by atoms with Crippen molar-refractivity contribution in [1.29, 1.82) is 0 Å². The highest BCUT2D eigenvalue weighted by Gasteiger charge is 2.20. The van der Waals surface area contributed by atoms with E-state index in [1.54, 1.807) is 0 Å². The fraction of sp³-hybridized carbons (Fsp3) is 0.647. The van der Waals surface area contributed by atoms with Gasteiger partial charge in [-0.1, -0.05) is 24.3 Å². The lowest BCUT2D eigenvalue weighted by atomic mass is 10.1. The summed E-state index contributed by atoms with van der Waals surface area (Å²) in [6.45, 7) is 2.22. The summed E-state index contributed by atoms with van der Waals surface area (Å²) in [5.41, 5.74) is 2.91. The molecule has 1 aromatic carbocycles. The van der Waals surface area contributed by atoms with Gasteiger partial charge in [0.15, 0.2) is 0 Å². The Morgan fingerprint density at radius 1 is 1.15 bits per heavy atom. The molecule has 0 spiro atoms. The van der Waals surface area contributed by atoms with E-state index < -0.39 is 0 Å². The normalized spacial score (nSPS) is 22.6. The predicted octanol–water partition coefficient (Wildman–Crippen LogP) is 2.92. The summed E-state index contributed by atoms with van der Waals surface area (Å²) in [7, 11) is 2.27.